The number of nitrogens with two attached hydrogens (primary N) is 1. The number of carbonyl (C=O) groups is 3. The maximum Gasteiger partial charge on any atom is 0.335 e. The number of hydrogen-bond acceptors (Lipinski definition) is 7. The number of amidine groups is 1. The van der Waals surface area contributed by atoms with E-state index in [0.717, 1.165) is 17.7 Å². The van der Waals surface area contributed by atoms with Crippen molar-refractivity contribution >= 4 is 45.4 Å². The van der Waals surface area contributed by atoms with Gasteiger partial charge in [-0.2, -0.15) is 16.5 Å². The third kappa shape index (κ3) is 9.37. The van der Waals surface area contributed by atoms with Crippen LogP contribution in [0, 0.1) is 11.3 Å². The van der Waals surface area contributed by atoms with Crippen LogP contribution in [0.15, 0.2) is 53.4 Å². The molecule has 39 heavy (non-hydrogen) atoms. The van der Waals surface area contributed by atoms with Crippen molar-refractivity contribution in [3.05, 3.63) is 65.2 Å². The summed E-state index contributed by atoms with van der Waals surface area (Å²) in [6, 6.07) is 9.44. The Balaban J connectivity index is 2.16. The molecule has 0 aliphatic heterocycles. The minimum atomic E-state index is -4.16. The molecule has 0 radical (unpaired) electrons. The minimum absolute atomic E-state index is 0.0609. The zero-order valence-electron chi connectivity index (χ0n) is 22.1. The lowest BCUT2D eigenvalue weighted by Crippen LogP contribution is -2.55. The van der Waals surface area contributed by atoms with Gasteiger partial charge in [0.25, 0.3) is 0 Å². The van der Waals surface area contributed by atoms with Crippen molar-refractivity contribution in [1.29, 1.82) is 5.41 Å². The van der Waals surface area contributed by atoms with Gasteiger partial charge in [-0.1, -0.05) is 44.5 Å². The number of nitrogens with one attached hydrogen (secondary N) is 4. The van der Waals surface area contributed by atoms with E-state index in [1.165, 1.54) is 23.9 Å². The van der Waals surface area contributed by atoms with Crippen molar-refractivity contribution in [2.24, 2.45) is 11.7 Å². The Labute approximate surface area is 232 Å². The Morgan fingerprint density at radius 3 is 2.13 bits per heavy atom. The number of hydrogen-bond donors (Lipinski definition) is 6. The topological polar surface area (TPSA) is 192 Å². The third-order valence-corrected chi connectivity index (χ3v) is 8.27. The van der Waals surface area contributed by atoms with Gasteiger partial charge in [-0.15, -0.1) is 0 Å². The van der Waals surface area contributed by atoms with Crippen molar-refractivity contribution in [2.75, 3.05) is 12.0 Å². The number of thioether (sulfide) groups is 1. The number of nitrogen functional groups attached to an aromatic ring is 1. The molecule has 0 aliphatic rings. The molecule has 3 atom stereocenters. The van der Waals surface area contributed by atoms with E-state index >= 15 is 0 Å². The Morgan fingerprint density at radius 2 is 1.62 bits per heavy atom. The minimum Gasteiger partial charge on any atom is -0.478 e. The maximum atomic E-state index is 13.3. The number of sulfonamides is 1. The smallest absolute Gasteiger partial charge is 0.335 e. The Hall–Kier alpha value is -3.42. The highest BCUT2D eigenvalue weighted by molar-refractivity contribution is 7.98. The first-order valence-corrected chi connectivity index (χ1v) is 15.1. The van der Waals surface area contributed by atoms with Gasteiger partial charge in [-0.25, -0.2) is 13.2 Å². The predicted molar refractivity (Wildman–Crippen MR) is 151 cm³/mol. The van der Waals surface area contributed by atoms with Crippen LogP contribution in [-0.4, -0.2) is 61.2 Å². The first kappa shape index (κ1) is 31.8. The van der Waals surface area contributed by atoms with E-state index in [0.29, 0.717) is 24.2 Å². The monoisotopic (exact) mass is 577 g/mol. The highest BCUT2D eigenvalue weighted by atomic mass is 32.2. The number of carboxylic acids is 1. The average molecular weight is 578 g/mol. The fraction of sp³-hybridized carbons (Fsp3) is 0.385. The van der Waals surface area contributed by atoms with Gasteiger partial charge in [-0.05, 0) is 54.2 Å². The summed E-state index contributed by atoms with van der Waals surface area (Å²) in [7, 11) is -4.16. The molecule has 2 amide bonds. The van der Waals surface area contributed by atoms with Crippen molar-refractivity contribution in [3.63, 3.8) is 0 Å². The van der Waals surface area contributed by atoms with Gasteiger partial charge in [0.1, 0.15) is 17.9 Å². The van der Waals surface area contributed by atoms with Crippen molar-refractivity contribution in [1.82, 2.24) is 15.4 Å². The molecule has 13 heteroatoms. The lowest BCUT2D eigenvalue weighted by molar-refractivity contribution is -0.130. The van der Waals surface area contributed by atoms with Gasteiger partial charge >= 0.3 is 5.97 Å². The lowest BCUT2D eigenvalue weighted by atomic mass is 9.99. The fourth-order valence-corrected chi connectivity index (χ4v) is 5.33. The van der Waals surface area contributed by atoms with E-state index in [-0.39, 0.29) is 22.8 Å². The summed E-state index contributed by atoms with van der Waals surface area (Å²) >= 11 is 1.51. The first-order chi connectivity index (χ1) is 18.4. The van der Waals surface area contributed by atoms with Crippen LogP contribution in [-0.2, 0) is 26.2 Å². The van der Waals surface area contributed by atoms with Gasteiger partial charge in [0.15, 0.2) is 0 Å². The zero-order valence-corrected chi connectivity index (χ0v) is 23.7. The Bertz CT molecular complexity index is 1270. The van der Waals surface area contributed by atoms with Crippen LogP contribution < -0.4 is 21.1 Å². The standard InChI is InChI=1S/C26H35N5O6S2/c1-4-16(2)22(31-39(36,37)20-11-9-19(10-12-20)26(34)35)25(33)30-21(13-14-38-3)24(32)29-15-17-5-7-18(8-6-17)23(27)28/h5-12,16,21-22,31H,4,13-15H2,1-3H3,(H3,27,28)(H,29,32)(H,30,33)(H,34,35)/t16?,21-,22+/m0/s1. The number of carbonyl (C=O) groups excluding carboxylic acids is 2. The number of carboxylic acid groups (broad SMARTS) is 1. The van der Waals surface area contributed by atoms with Gasteiger partial charge in [0, 0.05) is 12.1 Å². The highest BCUT2D eigenvalue weighted by Crippen LogP contribution is 2.16. The fourth-order valence-electron chi connectivity index (χ4n) is 3.56. The zero-order chi connectivity index (χ0) is 29.2. The normalized spacial score (nSPS) is 13.6. The average Bonchev–Trinajstić information content (AvgIpc) is 2.92. The summed E-state index contributed by atoms with van der Waals surface area (Å²) < 4.78 is 28.5. The summed E-state index contributed by atoms with van der Waals surface area (Å²) in [5.74, 6) is -2.12. The molecule has 0 aromatic heterocycles. The van der Waals surface area contributed by atoms with Crippen LogP contribution in [0.25, 0.3) is 0 Å². The summed E-state index contributed by atoms with van der Waals surface area (Å²) in [5, 5.41) is 22.0. The summed E-state index contributed by atoms with van der Waals surface area (Å²) in [6.07, 6.45) is 2.69. The number of benzene rings is 2. The maximum absolute atomic E-state index is 13.3. The second kappa shape index (κ2) is 14.7. The van der Waals surface area contributed by atoms with Crippen LogP contribution in [0.1, 0.15) is 48.2 Å². The molecule has 0 saturated carbocycles. The number of rotatable bonds is 15. The van der Waals surface area contributed by atoms with Gasteiger partial charge in [0.05, 0.1) is 10.5 Å². The molecule has 7 N–H and O–H groups in total. The molecular weight excluding hydrogens is 542 g/mol. The second-order valence-corrected chi connectivity index (χ2v) is 11.7. The molecule has 2 aromatic rings. The molecule has 0 bridgehead atoms. The molecule has 2 rings (SSSR count). The molecular formula is C26H35N5O6S2. The molecule has 212 valence electrons. The van der Waals surface area contributed by atoms with Crippen LogP contribution in [0.5, 0.6) is 0 Å². The SMILES string of the molecule is CCC(C)[C@@H](NS(=O)(=O)c1ccc(C(=O)O)cc1)C(=O)N[C@@H](CCSC)C(=O)NCc1ccc(C(=N)N)cc1. The van der Waals surface area contributed by atoms with Crippen molar-refractivity contribution < 1.29 is 27.9 Å². The van der Waals surface area contributed by atoms with Crippen LogP contribution in [0.3, 0.4) is 0 Å². The summed E-state index contributed by atoms with van der Waals surface area (Å²) in [5.41, 5.74) is 6.74. The molecule has 2 aromatic carbocycles. The quantitative estimate of drug-likeness (QED) is 0.137. The Morgan fingerprint density at radius 1 is 1.03 bits per heavy atom. The van der Waals surface area contributed by atoms with Gasteiger partial charge < -0.3 is 21.5 Å². The molecule has 11 nitrogen and oxygen atoms in total. The van der Waals surface area contributed by atoms with Crippen molar-refractivity contribution in [3.8, 4) is 0 Å². The lowest BCUT2D eigenvalue weighted by Gasteiger charge is -2.26. The second-order valence-electron chi connectivity index (χ2n) is 8.99. The van der Waals surface area contributed by atoms with Crippen molar-refractivity contribution in [2.45, 2.75) is 50.2 Å². The molecule has 0 spiro atoms. The van der Waals surface area contributed by atoms with Gasteiger partial charge in [-0.3, -0.25) is 15.0 Å². The van der Waals surface area contributed by atoms with E-state index in [1.54, 1.807) is 31.2 Å². The number of amides is 2. The van der Waals surface area contributed by atoms with E-state index < -0.39 is 45.8 Å². The van der Waals surface area contributed by atoms with Crippen LogP contribution in [0.2, 0.25) is 0 Å². The Kier molecular flexibility index (Phi) is 11.9. The van der Waals surface area contributed by atoms with E-state index in [2.05, 4.69) is 15.4 Å². The summed E-state index contributed by atoms with van der Waals surface area (Å²) in [6.45, 7) is 3.73. The molecule has 1 unspecified atom stereocenters. The highest BCUT2D eigenvalue weighted by Gasteiger charge is 2.32. The first-order valence-electron chi connectivity index (χ1n) is 12.3. The third-order valence-electron chi connectivity index (χ3n) is 6.16. The largest absolute Gasteiger partial charge is 0.478 e. The van der Waals surface area contributed by atoms with Gasteiger partial charge in [0.2, 0.25) is 21.8 Å². The summed E-state index contributed by atoms with van der Waals surface area (Å²) in [4.78, 5) is 37.2. The van der Waals surface area contributed by atoms with Crippen LogP contribution >= 0.6 is 11.8 Å². The number of aromatic carboxylic acids is 1. The molecule has 0 aliphatic carbocycles. The van der Waals surface area contributed by atoms with E-state index in [1.807, 2.05) is 13.2 Å². The molecule has 0 heterocycles. The van der Waals surface area contributed by atoms with E-state index in [9.17, 15) is 22.8 Å². The predicted octanol–water partition coefficient (Wildman–Crippen LogP) is 1.92. The van der Waals surface area contributed by atoms with E-state index in [4.69, 9.17) is 16.2 Å². The van der Waals surface area contributed by atoms with Crippen LogP contribution in [0.4, 0.5) is 0 Å². The molecule has 0 saturated heterocycles. The molecule has 0 fully saturated rings.